The van der Waals surface area contributed by atoms with Gasteiger partial charge in [0, 0.05) is 25.3 Å². The van der Waals surface area contributed by atoms with E-state index in [1.54, 1.807) is 31.2 Å². The van der Waals surface area contributed by atoms with Crippen LogP contribution in [-0.4, -0.2) is 57.8 Å². The van der Waals surface area contributed by atoms with Crippen LogP contribution in [0.1, 0.15) is 69.4 Å². The first-order chi connectivity index (χ1) is 18.1. The highest BCUT2D eigenvalue weighted by atomic mass is 19.3. The number of nitrogens with one attached hydrogen (secondary N) is 1. The molecule has 1 N–H and O–H groups in total. The van der Waals surface area contributed by atoms with Crippen molar-refractivity contribution >= 4 is 16.9 Å². The maximum Gasteiger partial charge on any atom is 0.296 e. The Bertz CT molecular complexity index is 1160. The number of hydrogen-bond donors (Lipinski definition) is 1. The van der Waals surface area contributed by atoms with E-state index in [4.69, 9.17) is 14.2 Å². The molecule has 200 valence electrons. The molecule has 0 radical (unpaired) electrons. The quantitative estimate of drug-likeness (QED) is 0.345. The van der Waals surface area contributed by atoms with Crippen LogP contribution in [0.15, 0.2) is 30.3 Å². The van der Waals surface area contributed by atoms with Gasteiger partial charge in [-0.2, -0.15) is 0 Å². The van der Waals surface area contributed by atoms with Crippen LogP contribution in [0.25, 0.3) is 16.9 Å². The summed E-state index contributed by atoms with van der Waals surface area (Å²) < 4.78 is 46.5. The third kappa shape index (κ3) is 6.61. The van der Waals surface area contributed by atoms with Gasteiger partial charge in [0.1, 0.15) is 17.5 Å². The summed E-state index contributed by atoms with van der Waals surface area (Å²) in [5.74, 6) is 1.21. The average molecular weight is 516 g/mol. The molecule has 0 amide bonds. The molecule has 1 aliphatic heterocycles. The van der Waals surface area contributed by atoms with Crippen LogP contribution in [0.4, 0.5) is 14.6 Å². The van der Waals surface area contributed by atoms with Crippen LogP contribution in [0.3, 0.4) is 0 Å². The number of anilines is 1. The Labute approximate surface area is 215 Å². The number of fused-ring (bicyclic) bond motifs is 1. The van der Waals surface area contributed by atoms with Gasteiger partial charge in [0.05, 0.1) is 23.7 Å². The maximum absolute atomic E-state index is 13.8. The van der Waals surface area contributed by atoms with Gasteiger partial charge in [-0.25, -0.2) is 23.7 Å². The molecule has 1 saturated heterocycles. The zero-order valence-corrected chi connectivity index (χ0v) is 21.2. The molecule has 5 rings (SSSR count). The van der Waals surface area contributed by atoms with E-state index >= 15 is 0 Å². The van der Waals surface area contributed by atoms with E-state index in [0.29, 0.717) is 41.7 Å². The first-order valence-electron chi connectivity index (χ1n) is 13.3. The predicted molar refractivity (Wildman–Crippen MR) is 136 cm³/mol. The van der Waals surface area contributed by atoms with Gasteiger partial charge in [0.15, 0.2) is 12.1 Å². The smallest absolute Gasteiger partial charge is 0.296 e. The molecule has 1 aromatic carbocycles. The Morgan fingerprint density at radius 3 is 2.62 bits per heavy atom. The summed E-state index contributed by atoms with van der Waals surface area (Å²) in [4.78, 5) is 13.1. The van der Waals surface area contributed by atoms with Gasteiger partial charge in [-0.15, -0.1) is 0 Å². The van der Waals surface area contributed by atoms with Crippen molar-refractivity contribution in [3.05, 3.63) is 42.0 Å². The molecule has 2 aromatic heterocycles. The topological polar surface area (TPSA) is 83.3 Å². The van der Waals surface area contributed by atoms with Crippen LogP contribution in [0, 0.1) is 6.92 Å². The van der Waals surface area contributed by atoms with Gasteiger partial charge in [-0.05, 0) is 70.4 Å². The highest BCUT2D eigenvalue weighted by Crippen LogP contribution is 2.29. The van der Waals surface area contributed by atoms with Crippen molar-refractivity contribution in [2.24, 2.45) is 0 Å². The molecule has 1 saturated carbocycles. The molecule has 0 bridgehead atoms. The van der Waals surface area contributed by atoms with E-state index < -0.39 is 6.43 Å². The van der Waals surface area contributed by atoms with E-state index in [1.165, 1.54) is 11.0 Å². The Balaban J connectivity index is 1.14. The summed E-state index contributed by atoms with van der Waals surface area (Å²) in [5.41, 5.74) is 1.10. The van der Waals surface area contributed by atoms with E-state index in [2.05, 4.69) is 20.3 Å². The summed E-state index contributed by atoms with van der Waals surface area (Å²) in [7, 11) is 0. The van der Waals surface area contributed by atoms with Crippen molar-refractivity contribution in [1.29, 1.82) is 0 Å². The first-order valence-corrected chi connectivity index (χ1v) is 13.3. The lowest BCUT2D eigenvalue weighted by Gasteiger charge is -2.29. The predicted octanol–water partition coefficient (Wildman–Crippen LogP) is 5.73. The molecule has 1 atom stereocenters. The number of alkyl halides is 2. The SMILES string of the molecule is Cc1nc(N[C@H]2CC[C@H](OCCCOC3CCCCO3)CC2)cc(-n2c(C(F)F)nc3ccccc32)n1. The highest BCUT2D eigenvalue weighted by molar-refractivity contribution is 5.78. The fourth-order valence-electron chi connectivity index (χ4n) is 5.12. The van der Waals surface area contributed by atoms with Crippen molar-refractivity contribution in [2.75, 3.05) is 25.1 Å². The minimum Gasteiger partial charge on any atom is -0.378 e. The summed E-state index contributed by atoms with van der Waals surface area (Å²) in [6.45, 7) is 3.92. The molecule has 1 unspecified atom stereocenters. The molecule has 1 aliphatic carbocycles. The van der Waals surface area contributed by atoms with Crippen molar-refractivity contribution in [3.8, 4) is 5.82 Å². The Morgan fingerprint density at radius 1 is 1.03 bits per heavy atom. The number of halogens is 2. The second kappa shape index (κ2) is 12.2. The summed E-state index contributed by atoms with van der Waals surface area (Å²) in [6, 6.07) is 9.06. The van der Waals surface area contributed by atoms with E-state index in [9.17, 15) is 8.78 Å². The van der Waals surface area contributed by atoms with Crippen molar-refractivity contribution in [2.45, 2.75) is 83.2 Å². The average Bonchev–Trinajstić information content (AvgIpc) is 3.30. The molecule has 37 heavy (non-hydrogen) atoms. The fraction of sp³-hybridized carbons (Fsp3) is 0.593. The summed E-state index contributed by atoms with van der Waals surface area (Å²) in [5, 5.41) is 3.49. The third-order valence-corrected chi connectivity index (χ3v) is 6.95. The monoisotopic (exact) mass is 515 g/mol. The van der Waals surface area contributed by atoms with Crippen molar-refractivity contribution < 1.29 is 23.0 Å². The minimum atomic E-state index is -2.72. The number of benzene rings is 1. The Morgan fingerprint density at radius 2 is 1.84 bits per heavy atom. The standard InChI is InChI=1S/C27H35F2N5O3/c1-18-30-23(17-24(31-18)34-22-8-3-2-7-21(22)33-27(34)26(28)29)32-19-10-12-20(13-11-19)35-15-6-16-37-25-9-4-5-14-36-25/h2-3,7-8,17,19-20,25-26H,4-6,9-16H2,1H3,(H,30,31,32)/t19-,20-,25?. The third-order valence-electron chi connectivity index (χ3n) is 6.95. The lowest BCUT2D eigenvalue weighted by molar-refractivity contribution is -0.164. The maximum atomic E-state index is 13.8. The number of hydrogen-bond acceptors (Lipinski definition) is 7. The highest BCUT2D eigenvalue weighted by Gasteiger charge is 2.24. The molecule has 2 fully saturated rings. The molecular formula is C27H35F2N5O3. The summed E-state index contributed by atoms with van der Waals surface area (Å²) in [6.07, 6.45) is 5.45. The van der Waals surface area contributed by atoms with Gasteiger partial charge in [-0.3, -0.25) is 4.57 Å². The second-order valence-corrected chi connectivity index (χ2v) is 9.76. The minimum absolute atomic E-state index is 0.0457. The summed E-state index contributed by atoms with van der Waals surface area (Å²) >= 11 is 0. The van der Waals surface area contributed by atoms with Gasteiger partial charge in [0.2, 0.25) is 0 Å². The van der Waals surface area contributed by atoms with Gasteiger partial charge < -0.3 is 19.5 Å². The van der Waals surface area contributed by atoms with Gasteiger partial charge in [0.25, 0.3) is 6.43 Å². The van der Waals surface area contributed by atoms with Crippen LogP contribution >= 0.6 is 0 Å². The number of aromatic nitrogens is 4. The van der Waals surface area contributed by atoms with Crippen molar-refractivity contribution in [1.82, 2.24) is 19.5 Å². The van der Waals surface area contributed by atoms with E-state index in [0.717, 1.165) is 51.6 Å². The van der Waals surface area contributed by atoms with E-state index in [1.807, 2.05) is 6.07 Å². The molecule has 0 spiro atoms. The first kappa shape index (κ1) is 25.9. The zero-order valence-electron chi connectivity index (χ0n) is 21.2. The number of imidazole rings is 1. The van der Waals surface area contributed by atoms with Crippen LogP contribution in [0.5, 0.6) is 0 Å². The number of aryl methyl sites for hydroxylation is 1. The molecule has 8 nitrogen and oxygen atoms in total. The number of para-hydroxylation sites is 2. The molecular weight excluding hydrogens is 480 g/mol. The van der Waals surface area contributed by atoms with E-state index in [-0.39, 0.29) is 24.3 Å². The van der Waals surface area contributed by atoms with Gasteiger partial charge in [-0.1, -0.05) is 12.1 Å². The van der Waals surface area contributed by atoms with Crippen LogP contribution < -0.4 is 5.32 Å². The number of ether oxygens (including phenoxy) is 3. The molecule has 10 heteroatoms. The normalized spacial score (nSPS) is 22.5. The lowest BCUT2D eigenvalue weighted by Crippen LogP contribution is -2.30. The zero-order chi connectivity index (χ0) is 25.6. The Kier molecular flexibility index (Phi) is 8.58. The molecule has 2 aliphatic rings. The number of nitrogens with zero attached hydrogens (tertiary/aromatic N) is 4. The second-order valence-electron chi connectivity index (χ2n) is 9.76. The van der Waals surface area contributed by atoms with Crippen LogP contribution in [-0.2, 0) is 14.2 Å². The fourth-order valence-corrected chi connectivity index (χ4v) is 5.12. The van der Waals surface area contributed by atoms with Crippen molar-refractivity contribution in [3.63, 3.8) is 0 Å². The Hall–Kier alpha value is -2.69. The molecule has 3 heterocycles. The molecule has 3 aromatic rings. The lowest BCUT2D eigenvalue weighted by atomic mass is 9.93. The largest absolute Gasteiger partial charge is 0.378 e. The van der Waals surface area contributed by atoms with Gasteiger partial charge >= 0.3 is 0 Å². The number of rotatable bonds is 10. The van der Waals surface area contributed by atoms with Crippen LogP contribution in [0.2, 0.25) is 0 Å².